The minimum atomic E-state index is 0.227. The Kier molecular flexibility index (Phi) is 1.71. The molecule has 4 fully saturated rings. The molecule has 16 heavy (non-hydrogen) atoms. The molecule has 0 radical (unpaired) electrons. The van der Waals surface area contributed by atoms with Gasteiger partial charge in [-0.05, 0) is 38.0 Å². The van der Waals surface area contributed by atoms with Crippen molar-refractivity contribution in [2.75, 3.05) is 6.54 Å². The quantitative estimate of drug-likeness (QED) is 0.645. The maximum Gasteiger partial charge on any atom is 0.236 e. The normalized spacial score (nSPS) is 54.3. The smallest absolute Gasteiger partial charge is 0.236 e. The van der Waals surface area contributed by atoms with Gasteiger partial charge in [0, 0.05) is 12.0 Å². The van der Waals surface area contributed by atoms with E-state index in [9.17, 15) is 4.79 Å². The number of fused-ring (bicyclic) bond motifs is 1. The van der Waals surface area contributed by atoms with Gasteiger partial charge in [0.25, 0.3) is 0 Å². The molecule has 4 atom stereocenters. The number of carbonyl (C=O) groups excluding carboxylic acids is 1. The SMILES string of the molecule is CC12CCCC3CC4SC31N(CCC2)C4=O. The van der Waals surface area contributed by atoms with Gasteiger partial charge >= 0.3 is 0 Å². The van der Waals surface area contributed by atoms with Crippen LogP contribution in [0.5, 0.6) is 0 Å². The number of nitrogens with zero attached hydrogens (tertiary/aromatic N) is 1. The molecule has 3 saturated heterocycles. The van der Waals surface area contributed by atoms with Gasteiger partial charge in [0.05, 0.1) is 10.1 Å². The molecule has 4 unspecified atom stereocenters. The van der Waals surface area contributed by atoms with E-state index >= 15 is 0 Å². The highest BCUT2D eigenvalue weighted by atomic mass is 32.2. The molecule has 0 aromatic heterocycles. The summed E-state index contributed by atoms with van der Waals surface area (Å²) in [6.07, 6.45) is 7.83. The molecule has 0 aromatic rings. The first-order valence-electron chi connectivity index (χ1n) is 6.67. The van der Waals surface area contributed by atoms with Gasteiger partial charge in [-0.3, -0.25) is 4.79 Å². The highest BCUT2D eigenvalue weighted by molar-refractivity contribution is 8.02. The van der Waals surface area contributed by atoms with Crippen molar-refractivity contribution in [3.8, 4) is 0 Å². The molecule has 3 heterocycles. The molecule has 2 nitrogen and oxygen atoms in total. The van der Waals surface area contributed by atoms with Crippen LogP contribution in [0.2, 0.25) is 0 Å². The summed E-state index contributed by atoms with van der Waals surface area (Å²) in [4.78, 5) is 14.8. The van der Waals surface area contributed by atoms with Crippen molar-refractivity contribution in [2.45, 2.75) is 55.6 Å². The minimum absolute atomic E-state index is 0.227. The minimum Gasteiger partial charge on any atom is -0.326 e. The van der Waals surface area contributed by atoms with Crippen LogP contribution in [0.3, 0.4) is 0 Å². The molecule has 1 amide bonds. The summed E-state index contributed by atoms with van der Waals surface area (Å²) in [6, 6.07) is 0. The standard InChI is InChI=1S/C13H19NOS/c1-12-5-2-4-9-8-10-11(15)14(7-3-6-12)13(9,12)16-10/h9-10H,2-8H2,1H3. The lowest BCUT2D eigenvalue weighted by Gasteiger charge is -2.59. The van der Waals surface area contributed by atoms with Crippen LogP contribution in [-0.4, -0.2) is 27.5 Å². The second kappa shape index (κ2) is 2.80. The fourth-order valence-corrected chi connectivity index (χ4v) is 7.15. The van der Waals surface area contributed by atoms with Crippen molar-refractivity contribution in [3.05, 3.63) is 0 Å². The first kappa shape index (κ1) is 9.81. The molecule has 4 rings (SSSR count). The number of piperidine rings is 2. The lowest BCUT2D eigenvalue weighted by Crippen LogP contribution is -2.65. The number of carbonyl (C=O) groups is 1. The molecular weight excluding hydrogens is 218 g/mol. The van der Waals surface area contributed by atoms with Crippen molar-refractivity contribution in [3.63, 3.8) is 0 Å². The third kappa shape index (κ3) is 0.846. The largest absolute Gasteiger partial charge is 0.326 e. The Bertz CT molecular complexity index is 367. The van der Waals surface area contributed by atoms with Crippen LogP contribution >= 0.6 is 11.8 Å². The van der Waals surface area contributed by atoms with Crippen molar-refractivity contribution in [1.82, 2.24) is 4.90 Å². The molecule has 1 aliphatic carbocycles. The van der Waals surface area contributed by atoms with E-state index in [1.165, 1.54) is 38.5 Å². The molecular formula is C13H19NOS. The summed E-state index contributed by atoms with van der Waals surface area (Å²) < 4.78 is 0. The molecule has 3 heteroatoms. The van der Waals surface area contributed by atoms with Gasteiger partial charge in [-0.25, -0.2) is 0 Å². The Morgan fingerprint density at radius 2 is 2.19 bits per heavy atom. The lowest BCUT2D eigenvalue weighted by molar-refractivity contribution is -0.151. The zero-order valence-electron chi connectivity index (χ0n) is 9.87. The zero-order chi connectivity index (χ0) is 11.0. The van der Waals surface area contributed by atoms with Crippen molar-refractivity contribution in [2.24, 2.45) is 11.3 Å². The van der Waals surface area contributed by atoms with Gasteiger partial charge in [-0.1, -0.05) is 13.3 Å². The number of thioether (sulfide) groups is 1. The predicted octanol–water partition coefficient (Wildman–Crippen LogP) is 2.63. The van der Waals surface area contributed by atoms with Crippen molar-refractivity contribution in [1.29, 1.82) is 0 Å². The lowest BCUT2D eigenvalue weighted by atomic mass is 9.60. The van der Waals surface area contributed by atoms with E-state index in [0.29, 0.717) is 16.6 Å². The summed E-state index contributed by atoms with van der Waals surface area (Å²) in [5.41, 5.74) is 0.416. The van der Waals surface area contributed by atoms with E-state index in [4.69, 9.17) is 0 Å². The number of rotatable bonds is 0. The first-order chi connectivity index (χ1) is 7.67. The van der Waals surface area contributed by atoms with Crippen LogP contribution in [0.25, 0.3) is 0 Å². The summed E-state index contributed by atoms with van der Waals surface area (Å²) in [7, 11) is 0. The fraction of sp³-hybridized carbons (Fsp3) is 0.923. The topological polar surface area (TPSA) is 20.3 Å². The second-order valence-electron chi connectivity index (χ2n) is 6.28. The molecule has 2 bridgehead atoms. The fourth-order valence-electron chi connectivity index (χ4n) is 4.95. The van der Waals surface area contributed by atoms with E-state index < -0.39 is 0 Å². The van der Waals surface area contributed by atoms with Crippen LogP contribution < -0.4 is 0 Å². The van der Waals surface area contributed by atoms with Crippen LogP contribution in [-0.2, 0) is 4.79 Å². The van der Waals surface area contributed by atoms with Crippen molar-refractivity contribution < 1.29 is 4.79 Å². The maximum absolute atomic E-state index is 12.3. The highest BCUT2D eigenvalue weighted by Crippen LogP contribution is 2.70. The Hall–Kier alpha value is -0.180. The van der Waals surface area contributed by atoms with E-state index in [1.807, 2.05) is 11.8 Å². The first-order valence-corrected chi connectivity index (χ1v) is 7.55. The summed E-state index contributed by atoms with van der Waals surface area (Å²) in [5, 5.41) is 0.320. The average molecular weight is 237 g/mol. The average Bonchev–Trinajstić information content (AvgIpc) is 2.76. The Morgan fingerprint density at radius 3 is 3.06 bits per heavy atom. The Balaban J connectivity index is 1.89. The molecule has 4 aliphatic rings. The molecule has 0 aromatic carbocycles. The van der Waals surface area contributed by atoms with Gasteiger partial charge in [-0.15, -0.1) is 11.8 Å². The Labute approximate surface area is 101 Å². The Morgan fingerprint density at radius 1 is 1.38 bits per heavy atom. The molecule has 1 saturated carbocycles. The molecule has 88 valence electrons. The van der Waals surface area contributed by atoms with Gasteiger partial charge in [0.2, 0.25) is 5.91 Å². The van der Waals surface area contributed by atoms with Crippen molar-refractivity contribution >= 4 is 17.7 Å². The third-order valence-electron chi connectivity index (χ3n) is 5.57. The van der Waals surface area contributed by atoms with Gasteiger partial charge in [-0.2, -0.15) is 0 Å². The van der Waals surface area contributed by atoms with Gasteiger partial charge in [0.15, 0.2) is 0 Å². The molecule has 3 aliphatic heterocycles. The van der Waals surface area contributed by atoms with E-state index in [-0.39, 0.29) is 4.87 Å². The second-order valence-corrected chi connectivity index (χ2v) is 7.71. The number of hydrogen-bond donors (Lipinski definition) is 0. The summed E-state index contributed by atoms with van der Waals surface area (Å²) >= 11 is 2.04. The zero-order valence-corrected chi connectivity index (χ0v) is 10.7. The summed E-state index contributed by atoms with van der Waals surface area (Å²) in [6.45, 7) is 3.49. The van der Waals surface area contributed by atoms with E-state index in [0.717, 1.165) is 12.5 Å². The van der Waals surface area contributed by atoms with Gasteiger partial charge in [0.1, 0.15) is 0 Å². The molecule has 1 spiro atoms. The molecule has 0 N–H and O–H groups in total. The van der Waals surface area contributed by atoms with Crippen LogP contribution in [0.4, 0.5) is 0 Å². The number of amides is 1. The monoisotopic (exact) mass is 237 g/mol. The number of hydrogen-bond acceptors (Lipinski definition) is 2. The third-order valence-corrected chi connectivity index (χ3v) is 7.66. The van der Waals surface area contributed by atoms with Crippen LogP contribution in [0, 0.1) is 11.3 Å². The highest BCUT2D eigenvalue weighted by Gasteiger charge is 2.70. The van der Waals surface area contributed by atoms with Gasteiger partial charge < -0.3 is 4.90 Å². The van der Waals surface area contributed by atoms with Crippen LogP contribution in [0.1, 0.15) is 45.4 Å². The van der Waals surface area contributed by atoms with E-state index in [1.54, 1.807) is 0 Å². The maximum atomic E-state index is 12.3. The van der Waals surface area contributed by atoms with E-state index in [2.05, 4.69) is 11.8 Å². The summed E-state index contributed by atoms with van der Waals surface area (Å²) in [5.74, 6) is 1.27. The predicted molar refractivity (Wildman–Crippen MR) is 65.1 cm³/mol. The van der Waals surface area contributed by atoms with Crippen LogP contribution in [0.15, 0.2) is 0 Å².